The molecule has 5 amide bonds. The number of fused-ring (bicyclic) bond motifs is 1. The number of amides is 5. The number of aromatic hydroxyl groups is 1. The van der Waals surface area contributed by atoms with Gasteiger partial charge in [0.1, 0.15) is 29.9 Å². The van der Waals surface area contributed by atoms with Crippen LogP contribution in [0.2, 0.25) is 0 Å². The van der Waals surface area contributed by atoms with Crippen LogP contribution in [0.15, 0.2) is 71.7 Å². The van der Waals surface area contributed by atoms with Gasteiger partial charge in [-0.15, -0.1) is 0 Å². The fraction of sp³-hybridized carbons (Fsp3) is 0.343. The summed E-state index contributed by atoms with van der Waals surface area (Å²) in [6.07, 6.45) is -0.625. The molecule has 1 aliphatic rings. The summed E-state index contributed by atoms with van der Waals surface area (Å²) in [5.74, 6) is -5.23. The molecule has 0 aromatic heterocycles. The Morgan fingerprint density at radius 2 is 1.27 bits per heavy atom. The molecule has 4 atom stereocenters. The number of rotatable bonds is 11. The Morgan fingerprint density at radius 3 is 1.94 bits per heavy atom. The lowest BCUT2D eigenvalue weighted by Crippen LogP contribution is -2.58. The van der Waals surface area contributed by atoms with Crippen LogP contribution in [-0.2, 0) is 41.6 Å². The SMILES string of the molecule is NC(N)=NCCC[C@@H]1NC(=O)[C@@H](Cc2ccc(O)cc2)NC(=O)CNC(=O)[C@H](Cc2ccc3ccccc3c2)NC(=O)[C@H](CCC(=O)O)NC1=O. The number of nitrogens with two attached hydrogens (primary N) is 2. The summed E-state index contributed by atoms with van der Waals surface area (Å²) >= 11 is 0. The molecule has 3 aromatic carbocycles. The van der Waals surface area contributed by atoms with Crippen molar-refractivity contribution in [2.75, 3.05) is 13.1 Å². The number of hydrogen-bond acceptors (Lipinski definition) is 8. The molecule has 1 aliphatic heterocycles. The monoisotopic (exact) mass is 702 g/mol. The molecule has 0 unspecified atom stereocenters. The quantitative estimate of drug-likeness (QED) is 0.0690. The molecule has 0 bridgehead atoms. The van der Waals surface area contributed by atoms with Gasteiger partial charge in [-0.3, -0.25) is 33.8 Å². The zero-order valence-corrected chi connectivity index (χ0v) is 27.8. The maximum absolute atomic E-state index is 13.7. The maximum atomic E-state index is 13.7. The van der Waals surface area contributed by atoms with E-state index in [4.69, 9.17) is 11.5 Å². The summed E-state index contributed by atoms with van der Waals surface area (Å²) in [4.78, 5) is 83.2. The van der Waals surface area contributed by atoms with E-state index in [-0.39, 0.29) is 50.4 Å². The number of nitrogens with zero attached hydrogens (tertiary/aromatic N) is 1. The first-order chi connectivity index (χ1) is 24.4. The highest BCUT2D eigenvalue weighted by Crippen LogP contribution is 2.17. The fourth-order valence-electron chi connectivity index (χ4n) is 5.55. The van der Waals surface area contributed by atoms with Crippen LogP contribution < -0.4 is 38.1 Å². The number of hydrogen-bond donors (Lipinski definition) is 9. The molecule has 16 nitrogen and oxygen atoms in total. The van der Waals surface area contributed by atoms with Crippen molar-refractivity contribution < 1.29 is 39.0 Å². The number of carboxylic acids is 1. The van der Waals surface area contributed by atoms with Crippen LogP contribution in [0.5, 0.6) is 5.75 Å². The van der Waals surface area contributed by atoms with Crippen molar-refractivity contribution in [3.8, 4) is 5.75 Å². The van der Waals surface area contributed by atoms with Crippen LogP contribution in [0.25, 0.3) is 10.8 Å². The van der Waals surface area contributed by atoms with E-state index in [0.717, 1.165) is 10.8 Å². The number of phenolic OH excluding ortho intramolecular Hbond substituents is 1. The van der Waals surface area contributed by atoms with Gasteiger partial charge in [0.05, 0.1) is 6.54 Å². The highest BCUT2D eigenvalue weighted by molar-refractivity contribution is 5.97. The summed E-state index contributed by atoms with van der Waals surface area (Å²) < 4.78 is 0. The van der Waals surface area contributed by atoms with Gasteiger partial charge >= 0.3 is 5.97 Å². The van der Waals surface area contributed by atoms with E-state index >= 15 is 0 Å². The third-order valence-corrected chi connectivity index (χ3v) is 8.20. The maximum Gasteiger partial charge on any atom is 0.303 e. The zero-order valence-electron chi connectivity index (χ0n) is 27.8. The first kappa shape index (κ1) is 37.6. The number of carboxylic acid groups (broad SMARTS) is 1. The number of carbonyl (C=O) groups excluding carboxylic acids is 5. The number of carbonyl (C=O) groups is 6. The predicted octanol–water partition coefficient (Wildman–Crippen LogP) is -0.682. The van der Waals surface area contributed by atoms with Gasteiger partial charge in [0.2, 0.25) is 29.5 Å². The molecule has 1 fully saturated rings. The highest BCUT2D eigenvalue weighted by atomic mass is 16.4. The largest absolute Gasteiger partial charge is 0.508 e. The third kappa shape index (κ3) is 11.7. The summed E-state index contributed by atoms with van der Waals surface area (Å²) in [5, 5.41) is 33.9. The van der Waals surface area contributed by atoms with Crippen molar-refractivity contribution in [2.45, 2.75) is 62.7 Å². The van der Waals surface area contributed by atoms with Gasteiger partial charge in [0, 0.05) is 25.8 Å². The topological polar surface area (TPSA) is 267 Å². The molecule has 4 rings (SSSR count). The molecule has 16 heteroatoms. The summed E-state index contributed by atoms with van der Waals surface area (Å²) in [7, 11) is 0. The molecule has 11 N–H and O–H groups in total. The van der Waals surface area contributed by atoms with E-state index < -0.39 is 72.6 Å². The number of benzene rings is 3. The lowest BCUT2D eigenvalue weighted by molar-refractivity contribution is -0.138. The summed E-state index contributed by atoms with van der Waals surface area (Å²) in [6, 6.07) is 13.9. The molecule has 51 heavy (non-hydrogen) atoms. The summed E-state index contributed by atoms with van der Waals surface area (Å²) in [6.45, 7) is -0.438. The Balaban J connectivity index is 1.67. The molecule has 1 heterocycles. The van der Waals surface area contributed by atoms with E-state index in [1.54, 1.807) is 18.2 Å². The lowest BCUT2D eigenvalue weighted by Gasteiger charge is -2.26. The normalized spacial score (nSPS) is 20.4. The van der Waals surface area contributed by atoms with E-state index in [2.05, 4.69) is 31.6 Å². The van der Waals surface area contributed by atoms with E-state index in [1.165, 1.54) is 12.1 Å². The van der Waals surface area contributed by atoms with Gasteiger partial charge in [-0.05, 0) is 53.3 Å². The predicted molar refractivity (Wildman–Crippen MR) is 187 cm³/mol. The summed E-state index contributed by atoms with van der Waals surface area (Å²) in [5.41, 5.74) is 12.1. The standard InChI is InChI=1S/C35H42N8O8/c36-35(37)38-15-3-6-25-32(49)42-26(13-14-30(46)47)33(50)43-27(18-21-7-10-22-4-1-2-5-23(22)16-21)31(48)39-19-29(45)40-28(34(51)41-25)17-20-8-11-24(44)12-9-20/h1-2,4-5,7-12,16,25-28,44H,3,6,13-15,17-19H2,(H,39,48)(H,40,45)(H,41,51)(H,42,49)(H,43,50)(H,46,47)(H4,36,37,38)/t25-,26-,27-,28+/m0/s1. The van der Waals surface area contributed by atoms with Crippen molar-refractivity contribution >= 4 is 52.2 Å². The van der Waals surface area contributed by atoms with Gasteiger partial charge < -0.3 is 48.3 Å². The Kier molecular flexibility index (Phi) is 13.3. The third-order valence-electron chi connectivity index (χ3n) is 8.20. The van der Waals surface area contributed by atoms with Crippen molar-refractivity contribution in [3.63, 3.8) is 0 Å². The van der Waals surface area contributed by atoms with Crippen LogP contribution >= 0.6 is 0 Å². The van der Waals surface area contributed by atoms with Gasteiger partial charge in [-0.25, -0.2) is 0 Å². The van der Waals surface area contributed by atoms with Crippen LogP contribution in [-0.4, -0.2) is 88.9 Å². The molecule has 3 aromatic rings. The Morgan fingerprint density at radius 1 is 0.706 bits per heavy atom. The molecule has 0 spiro atoms. The molecule has 0 aliphatic carbocycles. The average Bonchev–Trinajstić information content (AvgIpc) is 3.09. The molecular weight excluding hydrogens is 660 g/mol. The number of aliphatic imine (C=N–C) groups is 1. The number of aliphatic carboxylic acids is 1. The zero-order chi connectivity index (χ0) is 36.9. The Labute approximate surface area is 293 Å². The van der Waals surface area contributed by atoms with Crippen molar-refractivity contribution in [2.24, 2.45) is 16.5 Å². The number of nitrogens with one attached hydrogen (secondary N) is 5. The minimum Gasteiger partial charge on any atom is -0.508 e. The lowest BCUT2D eigenvalue weighted by atomic mass is 10.0. The molecule has 0 radical (unpaired) electrons. The first-order valence-corrected chi connectivity index (χ1v) is 16.4. The highest BCUT2D eigenvalue weighted by Gasteiger charge is 2.32. The van der Waals surface area contributed by atoms with Gasteiger partial charge in [0.25, 0.3) is 0 Å². The van der Waals surface area contributed by atoms with Crippen LogP contribution in [0.3, 0.4) is 0 Å². The van der Waals surface area contributed by atoms with Gasteiger partial charge in [-0.1, -0.05) is 54.6 Å². The van der Waals surface area contributed by atoms with E-state index in [9.17, 15) is 39.0 Å². The van der Waals surface area contributed by atoms with Gasteiger partial charge in [-0.2, -0.15) is 0 Å². The average molecular weight is 703 g/mol. The second-order valence-corrected chi connectivity index (χ2v) is 12.2. The number of phenols is 1. The minimum absolute atomic E-state index is 0.000555. The van der Waals surface area contributed by atoms with Crippen LogP contribution in [0.1, 0.15) is 36.8 Å². The van der Waals surface area contributed by atoms with Crippen molar-refractivity contribution in [1.82, 2.24) is 26.6 Å². The smallest absolute Gasteiger partial charge is 0.303 e. The Bertz CT molecular complexity index is 1780. The van der Waals surface area contributed by atoms with Gasteiger partial charge in [0.15, 0.2) is 5.96 Å². The molecule has 0 saturated carbocycles. The molecule has 1 saturated heterocycles. The second kappa shape index (κ2) is 18.0. The van der Waals surface area contributed by atoms with Crippen molar-refractivity contribution in [3.05, 3.63) is 77.9 Å². The first-order valence-electron chi connectivity index (χ1n) is 16.4. The molecule has 270 valence electrons. The van der Waals surface area contributed by atoms with Crippen molar-refractivity contribution in [1.29, 1.82) is 0 Å². The van der Waals surface area contributed by atoms with Crippen LogP contribution in [0, 0.1) is 0 Å². The van der Waals surface area contributed by atoms with E-state index in [1.807, 2.05) is 36.4 Å². The Hall–Kier alpha value is -6.19. The van der Waals surface area contributed by atoms with Crippen LogP contribution in [0.4, 0.5) is 0 Å². The number of guanidine groups is 1. The van der Waals surface area contributed by atoms with E-state index in [0.29, 0.717) is 11.1 Å². The molecular formula is C35H42N8O8. The fourth-order valence-corrected chi connectivity index (χ4v) is 5.55. The second-order valence-electron chi connectivity index (χ2n) is 12.2. The minimum atomic E-state index is -1.41.